The Labute approximate surface area is 173 Å². The maximum atomic E-state index is 6.85. The molecule has 0 radical (unpaired) electrons. The minimum atomic E-state index is 0.0348. The summed E-state index contributed by atoms with van der Waals surface area (Å²) in [6, 6.07) is 0. The summed E-state index contributed by atoms with van der Waals surface area (Å²) in [4.78, 5) is 0. The largest absolute Gasteiger partial charge is 0.325 e. The minimum absolute atomic E-state index is 0.0348. The Morgan fingerprint density at radius 2 is 0.778 bits per heavy atom. The lowest BCUT2D eigenvalue weighted by atomic mass is 9.61. The molecule has 27 heavy (non-hydrogen) atoms. The van der Waals surface area contributed by atoms with E-state index in [4.69, 9.17) is 5.73 Å². The Hall–Kier alpha value is -0.0400. The fourth-order valence-electron chi connectivity index (χ4n) is 5.21. The van der Waals surface area contributed by atoms with Crippen molar-refractivity contribution in [3.8, 4) is 0 Å². The molecule has 164 valence electrons. The van der Waals surface area contributed by atoms with Gasteiger partial charge in [0.05, 0.1) is 0 Å². The van der Waals surface area contributed by atoms with Gasteiger partial charge in [-0.3, -0.25) is 0 Å². The summed E-state index contributed by atoms with van der Waals surface area (Å²) in [7, 11) is 0. The van der Waals surface area contributed by atoms with Crippen LogP contribution < -0.4 is 5.73 Å². The van der Waals surface area contributed by atoms with Crippen LogP contribution in [0.4, 0.5) is 0 Å². The second-order valence-electron chi connectivity index (χ2n) is 9.20. The van der Waals surface area contributed by atoms with Crippen LogP contribution in [0.3, 0.4) is 0 Å². The molecule has 0 rings (SSSR count). The minimum Gasteiger partial charge on any atom is -0.325 e. The van der Waals surface area contributed by atoms with Crippen LogP contribution >= 0.6 is 0 Å². The van der Waals surface area contributed by atoms with E-state index in [-0.39, 0.29) is 5.54 Å². The van der Waals surface area contributed by atoms with Crippen molar-refractivity contribution in [1.82, 2.24) is 0 Å². The van der Waals surface area contributed by atoms with Gasteiger partial charge in [0.25, 0.3) is 0 Å². The van der Waals surface area contributed by atoms with Crippen LogP contribution in [0.1, 0.15) is 157 Å². The second-order valence-corrected chi connectivity index (χ2v) is 9.20. The average Bonchev–Trinajstić information content (AvgIpc) is 2.70. The molecule has 0 aromatic heterocycles. The SMILES string of the molecule is CCCCCCCCCCCCCCCCC(CC)(CC)C(N)(CC)CC. The monoisotopic (exact) mass is 381 g/mol. The van der Waals surface area contributed by atoms with Crippen molar-refractivity contribution in [3.63, 3.8) is 0 Å². The highest BCUT2D eigenvalue weighted by Crippen LogP contribution is 2.45. The zero-order valence-corrected chi connectivity index (χ0v) is 20.0. The van der Waals surface area contributed by atoms with Crippen molar-refractivity contribution in [2.45, 2.75) is 162 Å². The third-order valence-corrected chi connectivity index (χ3v) is 7.68. The van der Waals surface area contributed by atoms with Crippen molar-refractivity contribution in [1.29, 1.82) is 0 Å². The molecule has 0 atom stereocenters. The van der Waals surface area contributed by atoms with Gasteiger partial charge in [0.15, 0.2) is 0 Å². The van der Waals surface area contributed by atoms with E-state index in [0.717, 1.165) is 12.8 Å². The van der Waals surface area contributed by atoms with Gasteiger partial charge in [-0.2, -0.15) is 0 Å². The molecule has 2 N–H and O–H groups in total. The van der Waals surface area contributed by atoms with E-state index in [1.807, 2.05) is 0 Å². The Kier molecular flexibility index (Phi) is 16.8. The van der Waals surface area contributed by atoms with Crippen molar-refractivity contribution < 1.29 is 0 Å². The molecule has 0 saturated carbocycles. The Bertz CT molecular complexity index is 301. The predicted molar refractivity (Wildman–Crippen MR) is 125 cm³/mol. The molecule has 0 saturated heterocycles. The summed E-state index contributed by atoms with van der Waals surface area (Å²) in [5.74, 6) is 0. The van der Waals surface area contributed by atoms with E-state index in [1.165, 1.54) is 109 Å². The van der Waals surface area contributed by atoms with Gasteiger partial charge in [0.1, 0.15) is 0 Å². The smallest absolute Gasteiger partial charge is 0.0205 e. The van der Waals surface area contributed by atoms with Crippen LogP contribution in [0.25, 0.3) is 0 Å². The van der Waals surface area contributed by atoms with Crippen molar-refractivity contribution in [3.05, 3.63) is 0 Å². The molecule has 0 amide bonds. The summed E-state index contributed by atoms with van der Waals surface area (Å²) in [5.41, 5.74) is 7.24. The van der Waals surface area contributed by atoms with Crippen molar-refractivity contribution >= 4 is 0 Å². The molecule has 0 fully saturated rings. The van der Waals surface area contributed by atoms with Gasteiger partial charge in [-0.1, -0.05) is 125 Å². The van der Waals surface area contributed by atoms with E-state index >= 15 is 0 Å². The molecular formula is C26H55N. The first-order valence-electron chi connectivity index (χ1n) is 12.8. The van der Waals surface area contributed by atoms with Crippen LogP contribution in [0, 0.1) is 5.41 Å². The highest BCUT2D eigenvalue weighted by Gasteiger charge is 2.42. The zero-order valence-electron chi connectivity index (χ0n) is 20.0. The summed E-state index contributed by atoms with van der Waals surface area (Å²) in [6.45, 7) is 11.6. The van der Waals surface area contributed by atoms with Crippen LogP contribution in [-0.2, 0) is 0 Å². The first-order chi connectivity index (χ1) is 13.1. The lowest BCUT2D eigenvalue weighted by Gasteiger charge is -2.48. The number of unbranched alkanes of at least 4 members (excludes halogenated alkanes) is 13. The molecule has 1 heteroatoms. The fraction of sp³-hybridized carbons (Fsp3) is 1.00. The highest BCUT2D eigenvalue weighted by atomic mass is 14.8. The van der Waals surface area contributed by atoms with Crippen molar-refractivity contribution in [2.75, 3.05) is 0 Å². The van der Waals surface area contributed by atoms with Gasteiger partial charge in [0, 0.05) is 5.54 Å². The molecular weight excluding hydrogens is 326 g/mol. The highest BCUT2D eigenvalue weighted by molar-refractivity contribution is 4.99. The summed E-state index contributed by atoms with van der Waals surface area (Å²) in [5, 5.41) is 0. The maximum Gasteiger partial charge on any atom is 0.0205 e. The van der Waals surface area contributed by atoms with Gasteiger partial charge < -0.3 is 5.73 Å². The average molecular weight is 382 g/mol. The van der Waals surface area contributed by atoms with Gasteiger partial charge in [-0.25, -0.2) is 0 Å². The van der Waals surface area contributed by atoms with E-state index < -0.39 is 0 Å². The zero-order chi connectivity index (χ0) is 20.4. The standard InChI is InChI=1S/C26H55N/c1-6-11-12-13-14-15-16-17-18-19-20-21-22-23-24-25(7-2,8-3)26(27,9-4)10-5/h6-24,27H2,1-5H3. The van der Waals surface area contributed by atoms with Gasteiger partial charge in [-0.15, -0.1) is 0 Å². The number of rotatable bonds is 20. The van der Waals surface area contributed by atoms with Crippen LogP contribution in [0.15, 0.2) is 0 Å². The Morgan fingerprint density at radius 3 is 1.07 bits per heavy atom. The molecule has 0 heterocycles. The molecule has 0 bridgehead atoms. The molecule has 0 aromatic carbocycles. The Balaban J connectivity index is 3.72. The summed E-state index contributed by atoms with van der Waals surface area (Å²) in [6.07, 6.45) is 26.2. The normalized spacial score (nSPS) is 12.7. The quantitative estimate of drug-likeness (QED) is 0.209. The molecule has 0 aliphatic rings. The molecule has 0 spiro atoms. The van der Waals surface area contributed by atoms with E-state index in [0.29, 0.717) is 5.41 Å². The lowest BCUT2D eigenvalue weighted by molar-refractivity contribution is 0.0801. The maximum absolute atomic E-state index is 6.85. The summed E-state index contributed by atoms with van der Waals surface area (Å²) >= 11 is 0. The van der Waals surface area contributed by atoms with Gasteiger partial charge in [0.2, 0.25) is 0 Å². The summed E-state index contributed by atoms with van der Waals surface area (Å²) < 4.78 is 0. The number of hydrogen-bond acceptors (Lipinski definition) is 1. The molecule has 0 aliphatic heterocycles. The van der Waals surface area contributed by atoms with E-state index in [1.54, 1.807) is 0 Å². The van der Waals surface area contributed by atoms with Crippen LogP contribution in [-0.4, -0.2) is 5.54 Å². The number of nitrogens with two attached hydrogens (primary N) is 1. The van der Waals surface area contributed by atoms with Crippen LogP contribution in [0.2, 0.25) is 0 Å². The second kappa shape index (κ2) is 16.9. The van der Waals surface area contributed by atoms with Crippen LogP contribution in [0.5, 0.6) is 0 Å². The predicted octanol–water partition coefficient (Wildman–Crippen LogP) is 9.18. The third-order valence-electron chi connectivity index (χ3n) is 7.68. The molecule has 0 aromatic rings. The fourth-order valence-corrected chi connectivity index (χ4v) is 5.21. The lowest BCUT2D eigenvalue weighted by Crippen LogP contribution is -2.54. The number of hydrogen-bond donors (Lipinski definition) is 1. The molecule has 0 aliphatic carbocycles. The van der Waals surface area contributed by atoms with Gasteiger partial charge >= 0.3 is 0 Å². The first-order valence-corrected chi connectivity index (χ1v) is 12.8. The first kappa shape index (κ1) is 27.0. The van der Waals surface area contributed by atoms with Crippen molar-refractivity contribution in [2.24, 2.45) is 11.1 Å². The van der Waals surface area contributed by atoms with Gasteiger partial charge in [-0.05, 0) is 37.5 Å². The molecule has 1 nitrogen and oxygen atoms in total. The molecule has 0 unspecified atom stereocenters. The topological polar surface area (TPSA) is 26.0 Å². The third kappa shape index (κ3) is 10.3. The Morgan fingerprint density at radius 1 is 0.444 bits per heavy atom. The van der Waals surface area contributed by atoms with E-state index in [9.17, 15) is 0 Å². The van der Waals surface area contributed by atoms with E-state index in [2.05, 4.69) is 34.6 Å².